The number of aryl methyl sites for hydroxylation is 1. The summed E-state index contributed by atoms with van der Waals surface area (Å²) in [7, 11) is 1.56. The van der Waals surface area contributed by atoms with Gasteiger partial charge in [-0.15, -0.1) is 0 Å². The molecule has 0 spiro atoms. The first-order valence-corrected chi connectivity index (χ1v) is 5.72. The molecule has 1 N–H and O–H groups in total. The van der Waals surface area contributed by atoms with Crippen molar-refractivity contribution in [2.24, 2.45) is 0 Å². The zero-order valence-corrected chi connectivity index (χ0v) is 10.2. The molecule has 1 heterocycles. The van der Waals surface area contributed by atoms with Crippen molar-refractivity contribution in [3.63, 3.8) is 0 Å². The van der Waals surface area contributed by atoms with E-state index in [2.05, 4.69) is 14.7 Å². The van der Waals surface area contributed by atoms with Gasteiger partial charge in [-0.2, -0.15) is 4.37 Å². The molecule has 0 radical (unpaired) electrons. The molecule has 2 aromatic rings. The number of carbonyl (C=O) groups excluding carboxylic acids is 1. The number of anilines is 1. The van der Waals surface area contributed by atoms with Gasteiger partial charge in [-0.1, -0.05) is 6.07 Å². The number of hydrogen-bond acceptors (Lipinski definition) is 5. The van der Waals surface area contributed by atoms with Crippen molar-refractivity contribution < 1.29 is 9.53 Å². The zero-order valence-electron chi connectivity index (χ0n) is 9.43. The van der Waals surface area contributed by atoms with E-state index in [-0.39, 0.29) is 5.91 Å². The van der Waals surface area contributed by atoms with Gasteiger partial charge in [0.2, 0.25) is 5.13 Å². The highest BCUT2D eigenvalue weighted by atomic mass is 32.1. The summed E-state index contributed by atoms with van der Waals surface area (Å²) in [6.45, 7) is 1.78. The molecule has 6 heteroatoms. The fourth-order valence-electron chi connectivity index (χ4n) is 1.28. The summed E-state index contributed by atoms with van der Waals surface area (Å²) in [5, 5.41) is 3.18. The number of nitrogens with zero attached hydrogens (tertiary/aromatic N) is 2. The number of methoxy groups -OCH3 is 1. The third-order valence-electron chi connectivity index (χ3n) is 2.08. The van der Waals surface area contributed by atoms with Gasteiger partial charge >= 0.3 is 0 Å². The van der Waals surface area contributed by atoms with Crippen molar-refractivity contribution in [3.05, 3.63) is 35.7 Å². The predicted octanol–water partition coefficient (Wildman–Crippen LogP) is 2.11. The maximum Gasteiger partial charge on any atom is 0.257 e. The Morgan fingerprint density at radius 3 is 2.94 bits per heavy atom. The first kappa shape index (κ1) is 11.5. The highest BCUT2D eigenvalue weighted by molar-refractivity contribution is 7.09. The Morgan fingerprint density at radius 2 is 2.29 bits per heavy atom. The molecular weight excluding hydrogens is 238 g/mol. The average molecular weight is 249 g/mol. The van der Waals surface area contributed by atoms with Gasteiger partial charge in [-0.05, 0) is 25.1 Å². The summed E-state index contributed by atoms with van der Waals surface area (Å²) in [6.07, 6.45) is 0. The van der Waals surface area contributed by atoms with Gasteiger partial charge in [0.15, 0.2) is 0 Å². The molecule has 0 saturated heterocycles. The van der Waals surface area contributed by atoms with Crippen LogP contribution in [0.4, 0.5) is 5.13 Å². The van der Waals surface area contributed by atoms with E-state index in [1.165, 1.54) is 0 Å². The van der Waals surface area contributed by atoms with Gasteiger partial charge in [0.05, 0.1) is 7.11 Å². The van der Waals surface area contributed by atoms with Crippen molar-refractivity contribution in [1.29, 1.82) is 0 Å². The van der Waals surface area contributed by atoms with Crippen molar-refractivity contribution in [2.75, 3.05) is 12.4 Å². The first-order chi connectivity index (χ1) is 8.19. The molecule has 5 nitrogen and oxygen atoms in total. The van der Waals surface area contributed by atoms with Crippen LogP contribution in [-0.2, 0) is 0 Å². The van der Waals surface area contributed by atoms with Gasteiger partial charge in [0.1, 0.15) is 11.6 Å². The molecule has 2 rings (SSSR count). The molecule has 1 aromatic heterocycles. The van der Waals surface area contributed by atoms with Crippen LogP contribution in [0.25, 0.3) is 0 Å². The smallest absolute Gasteiger partial charge is 0.257 e. The topological polar surface area (TPSA) is 64.1 Å². The molecule has 17 heavy (non-hydrogen) atoms. The molecule has 1 aromatic carbocycles. The summed E-state index contributed by atoms with van der Waals surface area (Å²) in [4.78, 5) is 15.9. The van der Waals surface area contributed by atoms with Crippen LogP contribution in [0.3, 0.4) is 0 Å². The lowest BCUT2D eigenvalue weighted by Crippen LogP contribution is -2.11. The third kappa shape index (κ3) is 2.79. The van der Waals surface area contributed by atoms with E-state index in [0.29, 0.717) is 22.3 Å². The van der Waals surface area contributed by atoms with Gasteiger partial charge < -0.3 is 4.74 Å². The van der Waals surface area contributed by atoms with Crippen LogP contribution in [0.5, 0.6) is 5.75 Å². The second kappa shape index (κ2) is 4.92. The second-order valence-electron chi connectivity index (χ2n) is 3.33. The summed E-state index contributed by atoms with van der Waals surface area (Å²) >= 11 is 1.16. The number of ether oxygens (including phenoxy) is 1. The number of amides is 1. The second-order valence-corrected chi connectivity index (χ2v) is 4.08. The summed E-state index contributed by atoms with van der Waals surface area (Å²) in [5.41, 5.74) is 0.525. The Kier molecular flexibility index (Phi) is 3.34. The van der Waals surface area contributed by atoms with Crippen LogP contribution in [0.15, 0.2) is 24.3 Å². The van der Waals surface area contributed by atoms with E-state index in [0.717, 1.165) is 11.5 Å². The van der Waals surface area contributed by atoms with E-state index in [4.69, 9.17) is 4.74 Å². The number of benzene rings is 1. The lowest BCUT2D eigenvalue weighted by molar-refractivity contribution is 0.102. The summed E-state index contributed by atoms with van der Waals surface area (Å²) < 4.78 is 9.04. The molecule has 0 saturated carbocycles. The van der Waals surface area contributed by atoms with Crippen LogP contribution in [0.2, 0.25) is 0 Å². The molecular formula is C11H11N3O2S. The fraction of sp³-hybridized carbons (Fsp3) is 0.182. The van der Waals surface area contributed by atoms with E-state index in [1.807, 2.05) is 0 Å². The SMILES string of the molecule is COc1cccc(C(=O)Nc2nc(C)ns2)c1. The zero-order chi connectivity index (χ0) is 12.3. The van der Waals surface area contributed by atoms with Crippen molar-refractivity contribution in [3.8, 4) is 5.75 Å². The normalized spacial score (nSPS) is 10.0. The van der Waals surface area contributed by atoms with E-state index in [1.54, 1.807) is 38.3 Å². The van der Waals surface area contributed by atoms with Crippen LogP contribution >= 0.6 is 11.5 Å². The molecule has 1 amide bonds. The van der Waals surface area contributed by atoms with Gasteiger partial charge in [-0.3, -0.25) is 10.1 Å². The number of carbonyl (C=O) groups is 1. The molecule has 0 aliphatic carbocycles. The number of nitrogens with one attached hydrogen (secondary N) is 1. The Bertz CT molecular complexity index is 539. The van der Waals surface area contributed by atoms with Crippen LogP contribution in [0, 0.1) is 6.92 Å². The molecule has 0 bridgehead atoms. The fourth-order valence-corrected chi connectivity index (χ4v) is 1.85. The van der Waals surface area contributed by atoms with Gasteiger partial charge in [0, 0.05) is 17.1 Å². The standard InChI is InChI=1S/C11H11N3O2S/c1-7-12-11(17-14-7)13-10(15)8-4-3-5-9(6-8)16-2/h3-6H,1-2H3,(H,12,13,14,15). The lowest BCUT2D eigenvalue weighted by Gasteiger charge is -2.03. The Hall–Kier alpha value is -1.95. The molecule has 0 atom stereocenters. The lowest BCUT2D eigenvalue weighted by atomic mass is 10.2. The van der Waals surface area contributed by atoms with Gasteiger partial charge in [-0.25, -0.2) is 4.98 Å². The molecule has 0 fully saturated rings. The predicted molar refractivity (Wildman–Crippen MR) is 65.6 cm³/mol. The van der Waals surface area contributed by atoms with Crippen LogP contribution in [-0.4, -0.2) is 22.4 Å². The monoisotopic (exact) mass is 249 g/mol. The minimum atomic E-state index is -0.222. The highest BCUT2D eigenvalue weighted by Gasteiger charge is 2.09. The first-order valence-electron chi connectivity index (χ1n) is 4.95. The largest absolute Gasteiger partial charge is 0.497 e. The Morgan fingerprint density at radius 1 is 1.47 bits per heavy atom. The Balaban J connectivity index is 2.14. The van der Waals surface area contributed by atoms with Crippen molar-refractivity contribution >= 4 is 22.6 Å². The number of rotatable bonds is 3. The van der Waals surface area contributed by atoms with Crippen molar-refractivity contribution in [2.45, 2.75) is 6.92 Å². The van der Waals surface area contributed by atoms with E-state index < -0.39 is 0 Å². The maximum absolute atomic E-state index is 11.9. The number of aromatic nitrogens is 2. The van der Waals surface area contributed by atoms with Crippen molar-refractivity contribution in [1.82, 2.24) is 9.36 Å². The van der Waals surface area contributed by atoms with Crippen LogP contribution in [0.1, 0.15) is 16.2 Å². The summed E-state index contributed by atoms with van der Waals surface area (Å²) in [5.74, 6) is 1.07. The van der Waals surface area contributed by atoms with E-state index >= 15 is 0 Å². The maximum atomic E-state index is 11.9. The molecule has 88 valence electrons. The summed E-state index contributed by atoms with van der Waals surface area (Å²) in [6, 6.07) is 6.93. The highest BCUT2D eigenvalue weighted by Crippen LogP contribution is 2.15. The minimum absolute atomic E-state index is 0.222. The van der Waals surface area contributed by atoms with Crippen LogP contribution < -0.4 is 10.1 Å². The quantitative estimate of drug-likeness (QED) is 0.904. The third-order valence-corrected chi connectivity index (χ3v) is 2.80. The minimum Gasteiger partial charge on any atom is -0.497 e. The molecule has 0 aliphatic rings. The van der Waals surface area contributed by atoms with Gasteiger partial charge in [0.25, 0.3) is 5.91 Å². The molecule has 0 aliphatic heterocycles. The molecule has 0 unspecified atom stereocenters. The number of hydrogen-bond donors (Lipinski definition) is 1. The van der Waals surface area contributed by atoms with E-state index in [9.17, 15) is 4.79 Å². The Labute approximate surface area is 103 Å². The average Bonchev–Trinajstić information content (AvgIpc) is 2.75.